The second kappa shape index (κ2) is 9.43. The van der Waals surface area contributed by atoms with E-state index in [1.165, 1.54) is 23.1 Å². The first kappa shape index (κ1) is 19.9. The Labute approximate surface area is 181 Å². The van der Waals surface area contributed by atoms with Gasteiger partial charge in [0, 0.05) is 16.3 Å². The predicted octanol–water partition coefficient (Wildman–Crippen LogP) is 5.67. The van der Waals surface area contributed by atoms with Crippen LogP contribution in [-0.4, -0.2) is 22.7 Å². The minimum Gasteiger partial charge on any atom is -0.308 e. The molecule has 0 aliphatic rings. The molecular formula is C22H18N4O2S2. The Hall–Kier alpha value is -3.36. The number of anilines is 3. The average molecular weight is 435 g/mol. The van der Waals surface area contributed by atoms with Crippen molar-refractivity contribution in [1.82, 2.24) is 4.98 Å². The summed E-state index contributed by atoms with van der Waals surface area (Å²) in [6.45, 7) is 0. The number of thioether (sulfide) groups is 1. The number of amides is 3. The summed E-state index contributed by atoms with van der Waals surface area (Å²) >= 11 is 2.88. The molecule has 1 aromatic heterocycles. The largest absolute Gasteiger partial charge is 0.323 e. The van der Waals surface area contributed by atoms with Crippen LogP contribution in [0.2, 0.25) is 0 Å². The molecule has 3 aromatic carbocycles. The summed E-state index contributed by atoms with van der Waals surface area (Å²) in [4.78, 5) is 29.6. The van der Waals surface area contributed by atoms with Gasteiger partial charge in [-0.05, 0) is 48.5 Å². The van der Waals surface area contributed by atoms with Crippen molar-refractivity contribution in [3.63, 3.8) is 0 Å². The van der Waals surface area contributed by atoms with Crippen LogP contribution < -0.4 is 16.0 Å². The molecule has 0 radical (unpaired) electrons. The van der Waals surface area contributed by atoms with Gasteiger partial charge in [-0.1, -0.05) is 41.7 Å². The molecule has 1 heterocycles. The van der Waals surface area contributed by atoms with Crippen LogP contribution in [0.3, 0.4) is 0 Å². The summed E-state index contributed by atoms with van der Waals surface area (Å²) in [7, 11) is 0. The van der Waals surface area contributed by atoms with Crippen molar-refractivity contribution in [2.24, 2.45) is 0 Å². The van der Waals surface area contributed by atoms with Crippen LogP contribution in [0.25, 0.3) is 10.2 Å². The maximum atomic E-state index is 12.2. The Balaban J connectivity index is 1.26. The lowest BCUT2D eigenvalue weighted by molar-refractivity contribution is -0.113. The highest BCUT2D eigenvalue weighted by Gasteiger charge is 2.08. The van der Waals surface area contributed by atoms with Crippen LogP contribution in [0.15, 0.2) is 83.8 Å². The highest BCUT2D eigenvalue weighted by molar-refractivity contribution is 8.00. The summed E-state index contributed by atoms with van der Waals surface area (Å²) in [5.74, 6) is 0.167. The van der Waals surface area contributed by atoms with E-state index < -0.39 is 0 Å². The number of thiazole rings is 1. The van der Waals surface area contributed by atoms with Gasteiger partial charge in [0.15, 0.2) is 5.13 Å². The fourth-order valence-electron chi connectivity index (χ4n) is 2.68. The Morgan fingerprint density at radius 2 is 1.47 bits per heavy atom. The first-order valence-corrected chi connectivity index (χ1v) is 11.0. The summed E-state index contributed by atoms with van der Waals surface area (Å²) in [6.07, 6.45) is 0. The lowest BCUT2D eigenvalue weighted by atomic mass is 10.3. The molecule has 0 saturated heterocycles. The SMILES string of the molecule is O=C(CSc1ccc(NC(=O)Nc2ccccc2)cc1)Nc1nc2ccccc2s1. The molecule has 30 heavy (non-hydrogen) atoms. The maximum absolute atomic E-state index is 12.2. The van der Waals surface area contributed by atoms with Crippen LogP contribution in [0, 0.1) is 0 Å². The van der Waals surface area contributed by atoms with Crippen LogP contribution >= 0.6 is 23.1 Å². The van der Waals surface area contributed by atoms with E-state index in [-0.39, 0.29) is 17.7 Å². The molecule has 6 nitrogen and oxygen atoms in total. The van der Waals surface area contributed by atoms with Gasteiger partial charge < -0.3 is 16.0 Å². The second-order valence-electron chi connectivity index (χ2n) is 6.29. The predicted molar refractivity (Wildman–Crippen MR) is 124 cm³/mol. The molecular weight excluding hydrogens is 416 g/mol. The molecule has 4 aromatic rings. The number of nitrogens with one attached hydrogen (secondary N) is 3. The number of para-hydroxylation sites is 2. The van der Waals surface area contributed by atoms with Gasteiger partial charge in [0.1, 0.15) is 0 Å². The van der Waals surface area contributed by atoms with Crippen molar-refractivity contribution in [3.05, 3.63) is 78.9 Å². The fourth-order valence-corrected chi connectivity index (χ4v) is 4.26. The highest BCUT2D eigenvalue weighted by Crippen LogP contribution is 2.26. The van der Waals surface area contributed by atoms with Crippen molar-refractivity contribution >= 4 is 61.8 Å². The van der Waals surface area contributed by atoms with Gasteiger partial charge >= 0.3 is 6.03 Å². The lowest BCUT2D eigenvalue weighted by Crippen LogP contribution is -2.19. The number of fused-ring (bicyclic) bond motifs is 1. The van der Waals surface area contributed by atoms with Crippen LogP contribution in [-0.2, 0) is 4.79 Å². The number of nitrogens with zero attached hydrogens (tertiary/aromatic N) is 1. The van der Waals surface area contributed by atoms with Crippen LogP contribution in [0.1, 0.15) is 0 Å². The summed E-state index contributed by atoms with van der Waals surface area (Å²) in [6, 6.07) is 24.0. The molecule has 150 valence electrons. The van der Waals surface area contributed by atoms with Gasteiger partial charge in [-0.15, -0.1) is 11.8 Å². The molecule has 0 aliphatic heterocycles. The van der Waals surface area contributed by atoms with Gasteiger partial charge in [0.25, 0.3) is 0 Å². The van der Waals surface area contributed by atoms with E-state index in [1.54, 1.807) is 12.1 Å². The number of aromatic nitrogens is 1. The van der Waals surface area contributed by atoms with Crippen molar-refractivity contribution in [2.45, 2.75) is 4.90 Å². The number of rotatable bonds is 6. The number of hydrogen-bond acceptors (Lipinski definition) is 5. The van der Waals surface area contributed by atoms with E-state index in [9.17, 15) is 9.59 Å². The van der Waals surface area contributed by atoms with Gasteiger partial charge in [0.2, 0.25) is 5.91 Å². The quantitative estimate of drug-likeness (QED) is 0.341. The van der Waals surface area contributed by atoms with Crippen LogP contribution in [0.5, 0.6) is 0 Å². The van der Waals surface area contributed by atoms with Crippen LogP contribution in [0.4, 0.5) is 21.3 Å². The first-order valence-electron chi connectivity index (χ1n) is 9.17. The number of benzene rings is 3. The normalized spacial score (nSPS) is 10.5. The highest BCUT2D eigenvalue weighted by atomic mass is 32.2. The second-order valence-corrected chi connectivity index (χ2v) is 8.37. The van der Waals surface area contributed by atoms with E-state index in [0.717, 1.165) is 20.8 Å². The molecule has 3 amide bonds. The Bertz CT molecular complexity index is 1130. The minimum atomic E-state index is -0.309. The zero-order valence-electron chi connectivity index (χ0n) is 15.8. The average Bonchev–Trinajstić information content (AvgIpc) is 3.16. The van der Waals surface area contributed by atoms with E-state index in [0.29, 0.717) is 10.8 Å². The topological polar surface area (TPSA) is 83.1 Å². The third-order valence-electron chi connectivity index (χ3n) is 4.05. The standard InChI is InChI=1S/C22H18N4O2S2/c27-20(26-22-25-18-8-4-5-9-19(18)30-22)14-29-17-12-10-16(11-13-17)24-21(28)23-15-6-2-1-3-7-15/h1-13H,14H2,(H2,23,24,28)(H,25,26,27). The van der Waals surface area contributed by atoms with Crippen molar-refractivity contribution in [3.8, 4) is 0 Å². The van der Waals surface area contributed by atoms with Crippen molar-refractivity contribution in [2.75, 3.05) is 21.7 Å². The summed E-state index contributed by atoms with van der Waals surface area (Å²) < 4.78 is 1.04. The first-order chi connectivity index (χ1) is 14.7. The Morgan fingerprint density at radius 3 is 2.20 bits per heavy atom. The van der Waals surface area contributed by atoms with Gasteiger partial charge in [0.05, 0.1) is 16.0 Å². The number of hydrogen-bond donors (Lipinski definition) is 3. The smallest absolute Gasteiger partial charge is 0.308 e. The third kappa shape index (κ3) is 5.37. The monoisotopic (exact) mass is 434 g/mol. The summed E-state index contributed by atoms with van der Waals surface area (Å²) in [5.41, 5.74) is 2.28. The van der Waals surface area contributed by atoms with Crippen molar-refractivity contribution < 1.29 is 9.59 Å². The maximum Gasteiger partial charge on any atom is 0.323 e. The molecule has 3 N–H and O–H groups in total. The fraction of sp³-hybridized carbons (Fsp3) is 0.0455. The van der Waals surface area contributed by atoms with E-state index in [4.69, 9.17) is 0 Å². The van der Waals surface area contributed by atoms with Crippen molar-refractivity contribution in [1.29, 1.82) is 0 Å². The molecule has 8 heteroatoms. The van der Waals surface area contributed by atoms with E-state index in [2.05, 4.69) is 20.9 Å². The molecule has 0 saturated carbocycles. The molecule has 0 bridgehead atoms. The third-order valence-corrected chi connectivity index (χ3v) is 6.02. The molecule has 0 atom stereocenters. The number of carbonyl (C=O) groups excluding carboxylic acids is 2. The van der Waals surface area contributed by atoms with E-state index >= 15 is 0 Å². The molecule has 0 spiro atoms. The molecule has 4 rings (SSSR count). The minimum absolute atomic E-state index is 0.108. The number of urea groups is 1. The zero-order chi connectivity index (χ0) is 20.8. The summed E-state index contributed by atoms with van der Waals surface area (Å²) in [5, 5.41) is 8.99. The van der Waals surface area contributed by atoms with Gasteiger partial charge in [-0.2, -0.15) is 0 Å². The molecule has 0 unspecified atom stereocenters. The Kier molecular flexibility index (Phi) is 6.26. The number of carbonyl (C=O) groups is 2. The zero-order valence-corrected chi connectivity index (χ0v) is 17.4. The Morgan fingerprint density at radius 1 is 0.800 bits per heavy atom. The van der Waals surface area contributed by atoms with Gasteiger partial charge in [-0.3, -0.25) is 4.79 Å². The van der Waals surface area contributed by atoms with Gasteiger partial charge in [-0.25, -0.2) is 9.78 Å². The molecule has 0 fully saturated rings. The lowest BCUT2D eigenvalue weighted by Gasteiger charge is -2.08. The molecule has 0 aliphatic carbocycles. The van der Waals surface area contributed by atoms with E-state index in [1.807, 2.05) is 66.7 Å².